The van der Waals surface area contributed by atoms with Crippen LogP contribution in [0.5, 0.6) is 11.5 Å². The van der Waals surface area contributed by atoms with Gasteiger partial charge in [-0.3, -0.25) is 14.6 Å². The number of fused-ring (bicyclic) bond motifs is 6. The van der Waals surface area contributed by atoms with Gasteiger partial charge in [0.25, 0.3) is 0 Å². The van der Waals surface area contributed by atoms with Crippen LogP contribution in [0.25, 0.3) is 11.1 Å². The molecule has 4 N–H and O–H groups in total. The summed E-state index contributed by atoms with van der Waals surface area (Å²) in [4.78, 5) is 30.4. The molecule has 5 rings (SSSR count). The maximum absolute atomic E-state index is 13.1. The molecule has 1 aliphatic carbocycles. The van der Waals surface area contributed by atoms with Gasteiger partial charge in [0.05, 0.1) is 17.2 Å². The molecule has 156 valence electrons. The Balaban J connectivity index is 1.85. The van der Waals surface area contributed by atoms with E-state index in [-0.39, 0.29) is 22.4 Å². The maximum Gasteiger partial charge on any atom is 0.236 e. The molecule has 1 saturated heterocycles. The first kappa shape index (κ1) is 19.1. The van der Waals surface area contributed by atoms with Crippen molar-refractivity contribution in [3.8, 4) is 22.6 Å². The second-order valence-electron chi connectivity index (χ2n) is 8.00. The third kappa shape index (κ3) is 2.12. The summed E-state index contributed by atoms with van der Waals surface area (Å²) in [5, 5.41) is 43.0. The summed E-state index contributed by atoms with van der Waals surface area (Å²) < 4.78 is 11.0. The third-order valence-corrected chi connectivity index (χ3v) is 6.12. The van der Waals surface area contributed by atoms with Gasteiger partial charge in [0, 0.05) is 28.1 Å². The lowest BCUT2D eigenvalue weighted by molar-refractivity contribution is -0.307. The van der Waals surface area contributed by atoms with E-state index in [9.17, 15) is 30.0 Å². The molecule has 3 aliphatic rings. The van der Waals surface area contributed by atoms with E-state index in [4.69, 9.17) is 9.47 Å². The maximum atomic E-state index is 13.1. The van der Waals surface area contributed by atoms with E-state index in [2.05, 4.69) is 4.98 Å². The van der Waals surface area contributed by atoms with Crippen LogP contribution in [-0.4, -0.2) is 55.8 Å². The number of hydrogen-bond acceptors (Lipinski definition) is 9. The van der Waals surface area contributed by atoms with E-state index < -0.39 is 52.7 Å². The summed E-state index contributed by atoms with van der Waals surface area (Å²) in [7, 11) is 0. The predicted octanol–water partition coefficient (Wildman–Crippen LogP) is 0.0222. The fourth-order valence-corrected chi connectivity index (χ4v) is 4.67. The minimum absolute atomic E-state index is 0.0544. The number of carbonyl (C=O) groups excluding carboxylic acids is 1. The number of pyridine rings is 1. The average Bonchev–Trinajstić information content (AvgIpc) is 3.08. The van der Waals surface area contributed by atoms with Gasteiger partial charge in [-0.1, -0.05) is 0 Å². The molecule has 2 aliphatic heterocycles. The van der Waals surface area contributed by atoms with Gasteiger partial charge in [0.15, 0.2) is 28.3 Å². The average molecular weight is 413 g/mol. The normalized spacial score (nSPS) is 30.9. The molecule has 0 saturated carbocycles. The van der Waals surface area contributed by atoms with E-state index >= 15 is 0 Å². The number of carbonyl (C=O) groups is 1. The predicted molar refractivity (Wildman–Crippen MR) is 101 cm³/mol. The molecule has 0 spiro atoms. The summed E-state index contributed by atoms with van der Waals surface area (Å²) in [5.41, 5.74) is -1.93. The van der Waals surface area contributed by atoms with Crippen LogP contribution >= 0.6 is 0 Å². The molecular weight excluding hydrogens is 394 g/mol. The highest BCUT2D eigenvalue weighted by molar-refractivity contribution is 6.23. The first-order valence-electron chi connectivity index (χ1n) is 9.46. The van der Waals surface area contributed by atoms with Crippen molar-refractivity contribution >= 4 is 5.78 Å². The molecule has 1 fully saturated rings. The Kier molecular flexibility index (Phi) is 3.73. The van der Waals surface area contributed by atoms with Crippen molar-refractivity contribution in [3.63, 3.8) is 0 Å². The number of ketones is 1. The second-order valence-corrected chi connectivity index (χ2v) is 8.00. The highest BCUT2D eigenvalue weighted by Gasteiger charge is 2.62. The monoisotopic (exact) mass is 413 g/mol. The molecule has 9 nitrogen and oxygen atoms in total. The highest BCUT2D eigenvalue weighted by Crippen LogP contribution is 2.54. The third-order valence-electron chi connectivity index (χ3n) is 6.12. The number of aryl methyl sites for hydroxylation is 2. The summed E-state index contributed by atoms with van der Waals surface area (Å²) >= 11 is 0. The van der Waals surface area contributed by atoms with Gasteiger partial charge in [0.1, 0.15) is 12.2 Å². The quantitative estimate of drug-likeness (QED) is 0.401. The fourth-order valence-electron chi connectivity index (χ4n) is 4.67. The van der Waals surface area contributed by atoms with E-state index in [1.165, 1.54) is 6.92 Å². The molecule has 0 amide bonds. The highest BCUT2D eigenvalue weighted by atomic mass is 16.7. The Bertz CT molecular complexity index is 1210. The standard InChI is InChI=1S/C21H19NO8/c1-6-4-9-12(7(2)22-6)16(25)10-5-11(23)14-18(17(26)13(9)10)30-20-21(14,28)19(27)15(24)8(3)29-20/h4-5,8,15,19-20,24,26-28H,1-3H3. The Morgan fingerprint density at radius 3 is 2.50 bits per heavy atom. The van der Waals surface area contributed by atoms with Gasteiger partial charge in [-0.2, -0.15) is 0 Å². The molecule has 1 aromatic carbocycles. The van der Waals surface area contributed by atoms with Crippen LogP contribution in [-0.2, 0) is 10.3 Å². The molecule has 9 heteroatoms. The summed E-state index contributed by atoms with van der Waals surface area (Å²) in [6.45, 7) is 4.87. The van der Waals surface area contributed by atoms with Gasteiger partial charge in [0.2, 0.25) is 6.29 Å². The van der Waals surface area contributed by atoms with Gasteiger partial charge < -0.3 is 29.9 Å². The Morgan fingerprint density at radius 2 is 1.80 bits per heavy atom. The van der Waals surface area contributed by atoms with Crippen molar-refractivity contribution in [2.24, 2.45) is 0 Å². The minimum atomic E-state index is -2.42. The van der Waals surface area contributed by atoms with Crippen LogP contribution in [0.3, 0.4) is 0 Å². The largest absolute Gasteiger partial charge is 0.504 e. The van der Waals surface area contributed by atoms with Crippen molar-refractivity contribution in [3.05, 3.63) is 50.4 Å². The first-order chi connectivity index (χ1) is 14.1. The molecule has 1 aromatic heterocycles. The smallest absolute Gasteiger partial charge is 0.236 e. The summed E-state index contributed by atoms with van der Waals surface area (Å²) in [6.07, 6.45) is -5.73. The molecule has 5 unspecified atom stereocenters. The first-order valence-corrected chi connectivity index (χ1v) is 9.46. The lowest BCUT2D eigenvalue weighted by Crippen LogP contribution is -2.63. The molecule has 0 bridgehead atoms. The van der Waals surface area contributed by atoms with Crippen LogP contribution < -0.4 is 10.2 Å². The minimum Gasteiger partial charge on any atom is -0.504 e. The molecule has 2 aromatic rings. The van der Waals surface area contributed by atoms with E-state index in [1.54, 1.807) is 19.9 Å². The van der Waals surface area contributed by atoms with E-state index in [0.29, 0.717) is 17.0 Å². The van der Waals surface area contributed by atoms with Crippen molar-refractivity contribution in [2.45, 2.75) is 51.0 Å². The number of ether oxygens (including phenoxy) is 2. The lowest BCUT2D eigenvalue weighted by atomic mass is 9.82. The molecule has 5 atom stereocenters. The lowest BCUT2D eigenvalue weighted by Gasteiger charge is -2.42. The zero-order chi connectivity index (χ0) is 21.7. The van der Waals surface area contributed by atoms with E-state index in [0.717, 1.165) is 6.07 Å². The van der Waals surface area contributed by atoms with E-state index in [1.807, 2.05) is 0 Å². The molecular formula is C21H19NO8. The van der Waals surface area contributed by atoms with Crippen molar-refractivity contribution in [1.29, 1.82) is 0 Å². The number of aliphatic hydroxyl groups is 3. The number of hydrogen-bond donors (Lipinski definition) is 4. The van der Waals surface area contributed by atoms with Gasteiger partial charge in [-0.25, -0.2) is 0 Å². The van der Waals surface area contributed by atoms with Gasteiger partial charge in [-0.05, 0) is 32.9 Å². The van der Waals surface area contributed by atoms with Crippen LogP contribution in [0.2, 0.25) is 0 Å². The summed E-state index contributed by atoms with van der Waals surface area (Å²) in [6, 6.07) is 2.63. The topological polar surface area (TPSA) is 146 Å². The summed E-state index contributed by atoms with van der Waals surface area (Å²) in [5.74, 6) is -1.40. The second kappa shape index (κ2) is 5.86. The fraction of sp³-hybridized carbons (Fsp3) is 0.381. The zero-order valence-corrected chi connectivity index (χ0v) is 16.3. The Morgan fingerprint density at radius 1 is 1.10 bits per heavy atom. The van der Waals surface area contributed by atoms with Crippen molar-refractivity contribution in [1.82, 2.24) is 4.98 Å². The SMILES string of the molecule is Cc1cc2c(c(C)n1)C(=O)c1cc(=O)c3c(c(O)c1-2)OC1OC(C)C(O)C(O)C31O. The van der Waals surface area contributed by atoms with Crippen molar-refractivity contribution in [2.75, 3.05) is 0 Å². The number of aromatic hydroxyl groups is 1. The van der Waals surface area contributed by atoms with Crippen molar-refractivity contribution < 1.29 is 34.7 Å². The number of aliphatic hydroxyl groups excluding tert-OH is 2. The van der Waals surface area contributed by atoms with Crippen LogP contribution in [0.15, 0.2) is 16.9 Å². The number of nitrogens with zero attached hydrogens (tertiary/aromatic N) is 1. The number of rotatable bonds is 0. The van der Waals surface area contributed by atoms with Crippen LogP contribution in [0.1, 0.15) is 39.8 Å². The van der Waals surface area contributed by atoms with Crippen LogP contribution in [0.4, 0.5) is 0 Å². The Hall–Kier alpha value is -2.85. The molecule has 0 radical (unpaired) electrons. The van der Waals surface area contributed by atoms with Gasteiger partial charge in [-0.15, -0.1) is 0 Å². The molecule has 3 heterocycles. The Labute approximate surface area is 170 Å². The van der Waals surface area contributed by atoms with Crippen LogP contribution in [0, 0.1) is 13.8 Å². The van der Waals surface area contributed by atoms with Gasteiger partial charge >= 0.3 is 0 Å². The zero-order valence-electron chi connectivity index (χ0n) is 16.3. The number of aromatic nitrogens is 1. The molecule has 30 heavy (non-hydrogen) atoms.